The zero-order valence-corrected chi connectivity index (χ0v) is 22.2. The Balaban J connectivity index is 1.51. The molecule has 0 bridgehead atoms. The first-order chi connectivity index (χ1) is 17.3. The van der Waals surface area contributed by atoms with Crippen molar-refractivity contribution in [3.63, 3.8) is 0 Å². The van der Waals surface area contributed by atoms with Crippen LogP contribution < -0.4 is 9.80 Å². The minimum absolute atomic E-state index is 0.188. The van der Waals surface area contributed by atoms with Gasteiger partial charge in [0.2, 0.25) is 11.8 Å². The molecule has 2 fully saturated rings. The van der Waals surface area contributed by atoms with Gasteiger partial charge in [-0.25, -0.2) is 4.90 Å². The summed E-state index contributed by atoms with van der Waals surface area (Å²) in [6.07, 6.45) is 3.80. The van der Waals surface area contributed by atoms with Crippen molar-refractivity contribution in [1.82, 2.24) is 0 Å². The molecule has 0 N–H and O–H groups in total. The largest absolute Gasteiger partial charge is 0.352 e. The lowest BCUT2D eigenvalue weighted by Gasteiger charge is -2.36. The fourth-order valence-electron chi connectivity index (χ4n) is 5.52. The molecule has 6 rings (SSSR count). The monoisotopic (exact) mass is 600 g/mol. The van der Waals surface area contributed by atoms with Gasteiger partial charge in [-0.05, 0) is 48.0 Å². The van der Waals surface area contributed by atoms with Crippen LogP contribution in [-0.2, 0) is 9.59 Å². The molecule has 3 aliphatic rings. The first-order valence-electron chi connectivity index (χ1n) is 11.1. The molecule has 2 saturated heterocycles. The first kappa shape index (κ1) is 23.7. The normalized spacial score (nSPS) is 24.1. The van der Waals surface area contributed by atoms with Crippen LogP contribution in [0.3, 0.4) is 0 Å². The summed E-state index contributed by atoms with van der Waals surface area (Å²) in [6, 6.07) is 15.6. The fourth-order valence-corrected chi connectivity index (χ4v) is 6.44. The second kappa shape index (κ2) is 8.73. The highest BCUT2D eigenvalue weighted by Crippen LogP contribution is 2.51. The number of Topliss-reactive ketones (excluding diaryl/α,β-unsaturated/α-hetero) is 1. The van der Waals surface area contributed by atoms with E-state index in [1.807, 2.05) is 23.1 Å². The number of rotatable bonds is 3. The number of halogens is 4. The Labute approximate surface area is 230 Å². The number of hydrogen-bond acceptors (Lipinski definition) is 4. The number of carbonyl (C=O) groups is 3. The number of benzene rings is 3. The number of anilines is 2. The van der Waals surface area contributed by atoms with Gasteiger partial charge in [-0.1, -0.05) is 81.1 Å². The second-order valence-electron chi connectivity index (χ2n) is 8.94. The Bertz CT molecular complexity index is 1490. The molecule has 180 valence electrons. The molecule has 0 aliphatic carbocycles. The van der Waals surface area contributed by atoms with Crippen LogP contribution in [0, 0.1) is 11.8 Å². The molecule has 0 unspecified atom stereocenters. The third-order valence-electron chi connectivity index (χ3n) is 7.02. The standard InChI is InChI=1S/C27H16BrCl3N2O3/c28-15-5-1-14(2-6-15)25(34)24-23-22(20-9-4-13-3-7-17(30)12-21(13)32(20)24)26(35)33(27(23)36)19-10-8-16(29)11-18(19)31/h1-12,20,22-24H/t20-,22-,23-,24-/m1/s1. The zero-order valence-electron chi connectivity index (χ0n) is 18.4. The van der Waals surface area contributed by atoms with Gasteiger partial charge in [0.1, 0.15) is 6.04 Å². The van der Waals surface area contributed by atoms with E-state index in [-0.39, 0.29) is 16.5 Å². The summed E-state index contributed by atoms with van der Waals surface area (Å²) in [6.45, 7) is 0. The lowest BCUT2D eigenvalue weighted by Crippen LogP contribution is -2.48. The number of ketones is 1. The Hall–Kier alpha value is -2.64. The molecule has 0 spiro atoms. The highest BCUT2D eigenvalue weighted by molar-refractivity contribution is 9.10. The molecule has 3 heterocycles. The molecule has 3 aromatic carbocycles. The maximum Gasteiger partial charge on any atom is 0.240 e. The maximum absolute atomic E-state index is 14.0. The van der Waals surface area contributed by atoms with Crippen molar-refractivity contribution in [1.29, 1.82) is 0 Å². The van der Waals surface area contributed by atoms with E-state index in [0.717, 1.165) is 20.6 Å². The molecule has 5 nitrogen and oxygen atoms in total. The van der Waals surface area contributed by atoms with Crippen LogP contribution in [0.25, 0.3) is 6.08 Å². The number of amides is 2. The molecule has 4 atom stereocenters. The molecule has 3 aromatic rings. The Morgan fingerprint density at radius 2 is 1.47 bits per heavy atom. The van der Waals surface area contributed by atoms with Gasteiger partial charge < -0.3 is 4.90 Å². The summed E-state index contributed by atoms with van der Waals surface area (Å²) in [5, 5.41) is 1.08. The van der Waals surface area contributed by atoms with E-state index in [9.17, 15) is 14.4 Å². The van der Waals surface area contributed by atoms with Crippen molar-refractivity contribution in [3.05, 3.63) is 97.4 Å². The lowest BCUT2D eigenvalue weighted by atomic mass is 9.86. The SMILES string of the molecule is O=C(c1ccc(Br)cc1)[C@H]1[C@@H]2C(=O)N(c3ccc(Cl)cc3Cl)C(=O)[C@@H]2[C@H]2C=Cc3ccc(Cl)cc3N21. The van der Waals surface area contributed by atoms with Gasteiger partial charge in [0, 0.05) is 25.8 Å². The molecule has 2 amide bonds. The highest BCUT2D eigenvalue weighted by Gasteiger charge is 2.64. The topological polar surface area (TPSA) is 57.7 Å². The summed E-state index contributed by atoms with van der Waals surface area (Å²) in [5.74, 6) is -2.77. The molecule has 36 heavy (non-hydrogen) atoms. The van der Waals surface area contributed by atoms with E-state index in [4.69, 9.17) is 34.8 Å². The summed E-state index contributed by atoms with van der Waals surface area (Å²) in [7, 11) is 0. The van der Waals surface area contributed by atoms with Crippen LogP contribution >= 0.6 is 50.7 Å². The van der Waals surface area contributed by atoms with Gasteiger partial charge >= 0.3 is 0 Å². The van der Waals surface area contributed by atoms with Gasteiger partial charge in [-0.15, -0.1) is 0 Å². The van der Waals surface area contributed by atoms with Crippen LogP contribution in [-0.4, -0.2) is 29.7 Å². The zero-order chi connectivity index (χ0) is 25.3. The van der Waals surface area contributed by atoms with E-state index in [1.165, 1.54) is 6.07 Å². The summed E-state index contributed by atoms with van der Waals surface area (Å²) in [4.78, 5) is 44.8. The van der Waals surface area contributed by atoms with Crippen molar-refractivity contribution in [2.75, 3.05) is 9.80 Å². The molecular weight excluding hydrogens is 587 g/mol. The molecule has 0 saturated carbocycles. The minimum atomic E-state index is -0.907. The number of imide groups is 1. The van der Waals surface area contributed by atoms with Crippen molar-refractivity contribution >= 4 is 85.8 Å². The fraction of sp³-hybridized carbons (Fsp3) is 0.148. The van der Waals surface area contributed by atoms with Crippen molar-refractivity contribution < 1.29 is 14.4 Å². The predicted molar refractivity (Wildman–Crippen MR) is 145 cm³/mol. The van der Waals surface area contributed by atoms with E-state index in [2.05, 4.69) is 15.9 Å². The first-order valence-corrected chi connectivity index (χ1v) is 13.1. The number of carbonyl (C=O) groups excluding carboxylic acids is 3. The highest BCUT2D eigenvalue weighted by atomic mass is 79.9. The Morgan fingerprint density at radius 1 is 0.806 bits per heavy atom. The van der Waals surface area contributed by atoms with Crippen molar-refractivity contribution in [2.45, 2.75) is 12.1 Å². The van der Waals surface area contributed by atoms with Gasteiger partial charge in [0.25, 0.3) is 0 Å². The van der Waals surface area contributed by atoms with Gasteiger partial charge in [-0.3, -0.25) is 14.4 Å². The van der Waals surface area contributed by atoms with Crippen LogP contribution in [0.2, 0.25) is 15.1 Å². The van der Waals surface area contributed by atoms with E-state index >= 15 is 0 Å². The van der Waals surface area contributed by atoms with Crippen molar-refractivity contribution in [2.24, 2.45) is 11.8 Å². The smallest absolute Gasteiger partial charge is 0.240 e. The minimum Gasteiger partial charge on any atom is -0.352 e. The van der Waals surface area contributed by atoms with Crippen LogP contribution in [0.5, 0.6) is 0 Å². The number of hydrogen-bond donors (Lipinski definition) is 0. The summed E-state index contributed by atoms with van der Waals surface area (Å²) in [5.41, 5.74) is 2.29. The van der Waals surface area contributed by atoms with Crippen LogP contribution in [0.4, 0.5) is 11.4 Å². The summed E-state index contributed by atoms with van der Waals surface area (Å²) < 4.78 is 0.829. The average Bonchev–Trinajstić information content (AvgIpc) is 3.32. The van der Waals surface area contributed by atoms with Crippen LogP contribution in [0.15, 0.2) is 71.2 Å². The molecule has 0 aromatic heterocycles. The Kier molecular flexibility index (Phi) is 5.76. The molecular formula is C27H16BrCl3N2O3. The third-order valence-corrected chi connectivity index (χ3v) is 8.32. The Morgan fingerprint density at radius 3 is 2.19 bits per heavy atom. The van der Waals surface area contributed by atoms with Gasteiger partial charge in [0.15, 0.2) is 5.78 Å². The lowest BCUT2D eigenvalue weighted by molar-refractivity contribution is -0.122. The van der Waals surface area contributed by atoms with E-state index in [1.54, 1.807) is 48.5 Å². The summed E-state index contributed by atoms with van der Waals surface area (Å²) >= 11 is 22.2. The quantitative estimate of drug-likeness (QED) is 0.248. The number of fused-ring (bicyclic) bond motifs is 5. The second-order valence-corrected chi connectivity index (χ2v) is 11.1. The molecule has 3 aliphatic heterocycles. The van der Waals surface area contributed by atoms with E-state index < -0.39 is 35.7 Å². The van der Waals surface area contributed by atoms with Gasteiger partial charge in [0.05, 0.1) is 28.6 Å². The van der Waals surface area contributed by atoms with Crippen molar-refractivity contribution in [3.8, 4) is 0 Å². The number of nitrogens with zero attached hydrogens (tertiary/aromatic N) is 2. The van der Waals surface area contributed by atoms with E-state index in [0.29, 0.717) is 15.6 Å². The maximum atomic E-state index is 14.0. The third kappa shape index (κ3) is 3.54. The van der Waals surface area contributed by atoms with Crippen LogP contribution in [0.1, 0.15) is 15.9 Å². The molecule has 0 radical (unpaired) electrons. The predicted octanol–water partition coefficient (Wildman–Crippen LogP) is 6.68. The molecule has 9 heteroatoms. The average molecular weight is 603 g/mol. The van der Waals surface area contributed by atoms with Gasteiger partial charge in [-0.2, -0.15) is 0 Å².